The van der Waals surface area contributed by atoms with Crippen LogP contribution in [0, 0.1) is 6.92 Å². The highest BCUT2D eigenvalue weighted by atomic mass is 16.5. The lowest BCUT2D eigenvalue weighted by Gasteiger charge is -2.28. The van der Waals surface area contributed by atoms with Gasteiger partial charge in [-0.1, -0.05) is 26.7 Å². The highest BCUT2D eigenvalue weighted by Gasteiger charge is 2.33. The first-order valence-corrected chi connectivity index (χ1v) is 8.65. The number of ether oxygens (including phenoxy) is 2. The molecule has 0 bridgehead atoms. The second-order valence-electron chi connectivity index (χ2n) is 6.05. The van der Waals surface area contributed by atoms with E-state index in [2.05, 4.69) is 12.2 Å². The molecule has 1 aromatic carbocycles. The van der Waals surface area contributed by atoms with E-state index in [9.17, 15) is 4.79 Å². The highest BCUT2D eigenvalue weighted by Crippen LogP contribution is 2.25. The summed E-state index contributed by atoms with van der Waals surface area (Å²) >= 11 is 0. The predicted octanol–water partition coefficient (Wildman–Crippen LogP) is 4.71. The Bertz CT molecular complexity index is 491. The molecular formula is C19H31NO3. The summed E-state index contributed by atoms with van der Waals surface area (Å²) in [5, 5.41) is 2.99. The van der Waals surface area contributed by atoms with Gasteiger partial charge in [0.25, 0.3) is 5.91 Å². The lowest BCUT2D eigenvalue weighted by molar-refractivity contribution is -0.140. The lowest BCUT2D eigenvalue weighted by atomic mass is 9.97. The topological polar surface area (TPSA) is 47.6 Å². The number of amides is 1. The lowest BCUT2D eigenvalue weighted by Crippen LogP contribution is -2.43. The van der Waals surface area contributed by atoms with E-state index in [0.717, 1.165) is 42.7 Å². The first kappa shape index (κ1) is 19.5. The van der Waals surface area contributed by atoms with Gasteiger partial charge in [-0.15, -0.1) is 0 Å². The molecule has 0 heterocycles. The Morgan fingerprint density at radius 3 is 2.52 bits per heavy atom. The molecule has 0 aromatic heterocycles. The van der Waals surface area contributed by atoms with Gasteiger partial charge in [0.1, 0.15) is 11.4 Å². The van der Waals surface area contributed by atoms with Crippen molar-refractivity contribution in [3.05, 3.63) is 23.8 Å². The molecule has 0 spiro atoms. The van der Waals surface area contributed by atoms with Gasteiger partial charge in [-0.25, -0.2) is 0 Å². The third-order valence-corrected chi connectivity index (χ3v) is 3.85. The summed E-state index contributed by atoms with van der Waals surface area (Å²) in [4.78, 5) is 12.7. The molecule has 130 valence electrons. The van der Waals surface area contributed by atoms with E-state index in [1.54, 1.807) is 0 Å². The Kier molecular flexibility index (Phi) is 8.10. The van der Waals surface area contributed by atoms with Gasteiger partial charge in [-0.2, -0.15) is 0 Å². The maximum atomic E-state index is 12.7. The van der Waals surface area contributed by atoms with Crippen LogP contribution >= 0.6 is 0 Å². The van der Waals surface area contributed by atoms with Gasteiger partial charge in [0.2, 0.25) is 0 Å². The van der Waals surface area contributed by atoms with Crippen LogP contribution in [-0.2, 0) is 9.53 Å². The van der Waals surface area contributed by atoms with E-state index in [4.69, 9.17) is 9.47 Å². The molecule has 4 nitrogen and oxygen atoms in total. The van der Waals surface area contributed by atoms with E-state index in [1.165, 1.54) is 0 Å². The Morgan fingerprint density at radius 1 is 1.22 bits per heavy atom. The Balaban J connectivity index is 2.82. The van der Waals surface area contributed by atoms with Crippen LogP contribution in [0.3, 0.4) is 0 Å². The van der Waals surface area contributed by atoms with Crippen molar-refractivity contribution < 1.29 is 14.3 Å². The molecule has 0 aliphatic carbocycles. The van der Waals surface area contributed by atoms with E-state index < -0.39 is 5.60 Å². The Hall–Kier alpha value is -1.55. The van der Waals surface area contributed by atoms with Crippen LogP contribution in [-0.4, -0.2) is 24.7 Å². The van der Waals surface area contributed by atoms with Gasteiger partial charge in [0.05, 0.1) is 6.61 Å². The van der Waals surface area contributed by atoms with Crippen molar-refractivity contribution in [3.8, 4) is 5.75 Å². The first-order valence-electron chi connectivity index (χ1n) is 8.65. The van der Waals surface area contributed by atoms with Crippen LogP contribution in [0.1, 0.15) is 58.9 Å². The van der Waals surface area contributed by atoms with E-state index >= 15 is 0 Å². The van der Waals surface area contributed by atoms with Crippen molar-refractivity contribution >= 4 is 11.6 Å². The van der Waals surface area contributed by atoms with Crippen LogP contribution in [0.2, 0.25) is 0 Å². The minimum absolute atomic E-state index is 0.0806. The zero-order valence-electron chi connectivity index (χ0n) is 15.2. The molecule has 0 saturated heterocycles. The molecule has 1 amide bonds. The molecule has 1 atom stereocenters. The van der Waals surface area contributed by atoms with Crippen LogP contribution < -0.4 is 10.1 Å². The largest absolute Gasteiger partial charge is 0.494 e. The molecule has 1 aromatic rings. The fourth-order valence-electron chi connectivity index (χ4n) is 2.40. The number of rotatable bonds is 10. The molecule has 1 rings (SSSR count). The average Bonchev–Trinajstić information content (AvgIpc) is 2.53. The van der Waals surface area contributed by atoms with Gasteiger partial charge in [-0.3, -0.25) is 4.79 Å². The summed E-state index contributed by atoms with van der Waals surface area (Å²) < 4.78 is 11.4. The zero-order chi connectivity index (χ0) is 17.3. The number of carbonyl (C=O) groups is 1. The highest BCUT2D eigenvalue weighted by molar-refractivity contribution is 5.97. The van der Waals surface area contributed by atoms with Gasteiger partial charge >= 0.3 is 0 Å². The van der Waals surface area contributed by atoms with E-state index in [0.29, 0.717) is 13.2 Å². The SMILES string of the molecule is CCCC[C@](C)(OCCC)C(=O)Nc1ccc(OCC)c(C)c1. The third kappa shape index (κ3) is 5.87. The van der Waals surface area contributed by atoms with Crippen LogP contribution in [0.5, 0.6) is 5.75 Å². The standard InChI is InChI=1S/C19H31NO3/c1-6-9-12-19(5,23-13-7-2)18(21)20-16-10-11-17(22-8-3)15(4)14-16/h10-11,14H,6-9,12-13H2,1-5H3,(H,20,21)/t19-/m0/s1. The third-order valence-electron chi connectivity index (χ3n) is 3.85. The average molecular weight is 321 g/mol. The maximum absolute atomic E-state index is 12.7. The monoisotopic (exact) mass is 321 g/mol. The normalized spacial score (nSPS) is 13.4. The molecule has 0 saturated carbocycles. The van der Waals surface area contributed by atoms with Crippen molar-refractivity contribution in [2.45, 2.75) is 65.9 Å². The van der Waals surface area contributed by atoms with Crippen molar-refractivity contribution in [2.75, 3.05) is 18.5 Å². The van der Waals surface area contributed by atoms with Crippen molar-refractivity contribution in [1.29, 1.82) is 0 Å². The summed E-state index contributed by atoms with van der Waals surface area (Å²) in [6, 6.07) is 5.70. The number of unbranched alkanes of at least 4 members (excludes halogenated alkanes) is 1. The van der Waals surface area contributed by atoms with Crippen molar-refractivity contribution in [2.24, 2.45) is 0 Å². The summed E-state index contributed by atoms with van der Waals surface area (Å²) in [6.07, 6.45) is 3.64. The number of nitrogens with one attached hydrogen (secondary N) is 1. The van der Waals surface area contributed by atoms with Gasteiger partial charge in [0, 0.05) is 12.3 Å². The van der Waals surface area contributed by atoms with E-state index in [-0.39, 0.29) is 5.91 Å². The molecule has 0 unspecified atom stereocenters. The first-order chi connectivity index (χ1) is 11.0. The fourth-order valence-corrected chi connectivity index (χ4v) is 2.40. The fraction of sp³-hybridized carbons (Fsp3) is 0.632. The number of aryl methyl sites for hydroxylation is 1. The minimum atomic E-state index is -0.779. The van der Waals surface area contributed by atoms with Gasteiger partial charge < -0.3 is 14.8 Å². The number of hydrogen-bond acceptors (Lipinski definition) is 3. The second-order valence-corrected chi connectivity index (χ2v) is 6.05. The second kappa shape index (κ2) is 9.56. The van der Waals surface area contributed by atoms with E-state index in [1.807, 2.05) is 45.9 Å². The van der Waals surface area contributed by atoms with Crippen LogP contribution in [0.15, 0.2) is 18.2 Å². The molecule has 23 heavy (non-hydrogen) atoms. The number of benzene rings is 1. The predicted molar refractivity (Wildman–Crippen MR) is 95.2 cm³/mol. The van der Waals surface area contributed by atoms with Crippen molar-refractivity contribution in [1.82, 2.24) is 0 Å². The summed E-state index contributed by atoms with van der Waals surface area (Å²) in [7, 11) is 0. The number of carbonyl (C=O) groups excluding carboxylic acids is 1. The molecule has 0 aliphatic rings. The smallest absolute Gasteiger partial charge is 0.256 e. The number of hydrogen-bond donors (Lipinski definition) is 1. The summed E-state index contributed by atoms with van der Waals surface area (Å²) in [6.45, 7) is 11.2. The molecule has 1 N–H and O–H groups in total. The van der Waals surface area contributed by atoms with Crippen LogP contribution in [0.25, 0.3) is 0 Å². The van der Waals surface area contributed by atoms with Gasteiger partial charge in [-0.05, 0) is 57.4 Å². The number of anilines is 1. The van der Waals surface area contributed by atoms with Gasteiger partial charge in [0.15, 0.2) is 0 Å². The Labute approximate surface area is 140 Å². The maximum Gasteiger partial charge on any atom is 0.256 e. The summed E-state index contributed by atoms with van der Waals surface area (Å²) in [5.41, 5.74) is 1.01. The quantitative estimate of drug-likeness (QED) is 0.679. The zero-order valence-corrected chi connectivity index (χ0v) is 15.2. The Morgan fingerprint density at radius 2 is 1.96 bits per heavy atom. The molecule has 0 fully saturated rings. The van der Waals surface area contributed by atoms with Crippen molar-refractivity contribution in [3.63, 3.8) is 0 Å². The molecule has 4 heteroatoms. The molecular weight excluding hydrogens is 290 g/mol. The summed E-state index contributed by atoms with van der Waals surface area (Å²) in [5.74, 6) is 0.768. The minimum Gasteiger partial charge on any atom is -0.494 e. The van der Waals surface area contributed by atoms with Crippen LogP contribution in [0.4, 0.5) is 5.69 Å². The molecule has 0 radical (unpaired) electrons. The molecule has 0 aliphatic heterocycles.